The Kier molecular flexibility index (Phi) is 4.75. The maximum atomic E-state index is 5.20. The average molecular weight is 519 g/mol. The molecule has 2 aromatic heterocycles. The Morgan fingerprint density at radius 1 is 0.525 bits per heavy atom. The van der Waals surface area contributed by atoms with Crippen LogP contribution in [0.25, 0.3) is 45.3 Å². The smallest absolute Gasteiger partial charge is 0.164 e. The van der Waals surface area contributed by atoms with Crippen molar-refractivity contribution in [1.82, 2.24) is 19.9 Å². The zero-order valence-electron chi connectivity index (χ0n) is 22.4. The Bertz CT molecular complexity index is 1680. The van der Waals surface area contributed by atoms with E-state index in [4.69, 9.17) is 19.9 Å². The van der Waals surface area contributed by atoms with Crippen molar-refractivity contribution in [2.24, 2.45) is 23.7 Å². The summed E-state index contributed by atoms with van der Waals surface area (Å²) in [5.74, 6) is 5.29. The minimum Gasteiger partial charge on any atom is -0.264 e. The molecule has 3 aromatic carbocycles. The van der Waals surface area contributed by atoms with Crippen LogP contribution in [0.2, 0.25) is 0 Å². The molecule has 10 rings (SSSR count). The van der Waals surface area contributed by atoms with Crippen LogP contribution in [-0.4, -0.2) is 19.9 Å². The second-order valence-electron chi connectivity index (χ2n) is 12.4. The Labute approximate surface area is 234 Å². The molecule has 0 N–H and O–H groups in total. The predicted octanol–water partition coefficient (Wildman–Crippen LogP) is 7.99. The number of aromatic nitrogens is 4. The molecule has 0 amide bonds. The van der Waals surface area contributed by atoms with Gasteiger partial charge in [-0.2, -0.15) is 0 Å². The van der Waals surface area contributed by atoms with E-state index < -0.39 is 0 Å². The number of benzene rings is 3. The molecule has 194 valence electrons. The summed E-state index contributed by atoms with van der Waals surface area (Å²) in [7, 11) is 0. The topological polar surface area (TPSA) is 51.6 Å². The lowest BCUT2D eigenvalue weighted by molar-refractivity contribution is -0.0398. The van der Waals surface area contributed by atoms with E-state index in [1.807, 2.05) is 42.6 Å². The summed E-state index contributed by atoms with van der Waals surface area (Å²) in [6.07, 6.45) is 10.9. The Morgan fingerprint density at radius 3 is 1.73 bits per heavy atom. The van der Waals surface area contributed by atoms with Gasteiger partial charge < -0.3 is 0 Å². The summed E-state index contributed by atoms with van der Waals surface area (Å²) in [5, 5.41) is 0. The maximum Gasteiger partial charge on any atom is 0.164 e. The lowest BCUT2D eigenvalue weighted by Crippen LogP contribution is -2.55. The van der Waals surface area contributed by atoms with Gasteiger partial charge in [0.25, 0.3) is 0 Å². The Hall–Kier alpha value is -4.18. The minimum absolute atomic E-state index is 0.00457. The molecule has 5 aliphatic carbocycles. The highest BCUT2D eigenvalue weighted by atomic mass is 15.0. The first-order valence-electron chi connectivity index (χ1n) is 14.7. The molecule has 0 radical (unpaired) electrons. The Morgan fingerprint density at radius 2 is 1.10 bits per heavy atom. The molecular weight excluding hydrogens is 488 g/mol. The summed E-state index contributed by atoms with van der Waals surface area (Å²) in [5.41, 5.74) is 8.79. The van der Waals surface area contributed by atoms with Crippen molar-refractivity contribution in [3.8, 4) is 45.3 Å². The van der Waals surface area contributed by atoms with Gasteiger partial charge in [0.15, 0.2) is 17.5 Å². The van der Waals surface area contributed by atoms with E-state index in [9.17, 15) is 0 Å². The van der Waals surface area contributed by atoms with E-state index >= 15 is 0 Å². The molecule has 0 unspecified atom stereocenters. The summed E-state index contributed by atoms with van der Waals surface area (Å²) in [4.78, 5) is 20.1. The number of nitrogens with zero attached hydrogens (tertiary/aromatic N) is 4. The van der Waals surface area contributed by atoms with Gasteiger partial charge in [0.05, 0.1) is 0 Å². The lowest BCUT2D eigenvalue weighted by atomic mass is 9.43. The van der Waals surface area contributed by atoms with Crippen LogP contribution >= 0.6 is 0 Å². The molecular formula is C36H30N4. The molecule has 2 heterocycles. The van der Waals surface area contributed by atoms with Gasteiger partial charge in [-0.05, 0) is 84.1 Å². The fraction of sp³-hybridized carbons (Fsp3) is 0.278. The summed E-state index contributed by atoms with van der Waals surface area (Å²) >= 11 is 0. The molecule has 5 aromatic rings. The van der Waals surface area contributed by atoms with Crippen LogP contribution in [0, 0.1) is 23.7 Å². The molecule has 1 spiro atoms. The number of hydrogen-bond donors (Lipinski definition) is 0. The monoisotopic (exact) mass is 518 g/mol. The highest BCUT2D eigenvalue weighted by Gasteiger charge is 2.62. The third-order valence-electron chi connectivity index (χ3n) is 10.4. The van der Waals surface area contributed by atoms with Crippen molar-refractivity contribution >= 4 is 0 Å². The van der Waals surface area contributed by atoms with Crippen molar-refractivity contribution in [2.75, 3.05) is 0 Å². The molecule has 4 heteroatoms. The second kappa shape index (κ2) is 8.41. The second-order valence-corrected chi connectivity index (χ2v) is 12.4. The van der Waals surface area contributed by atoms with Crippen LogP contribution in [0.3, 0.4) is 0 Å². The highest BCUT2D eigenvalue weighted by Crippen LogP contribution is 2.70. The van der Waals surface area contributed by atoms with Gasteiger partial charge in [0, 0.05) is 34.5 Å². The van der Waals surface area contributed by atoms with Gasteiger partial charge in [-0.1, -0.05) is 78.9 Å². The number of pyridine rings is 1. The van der Waals surface area contributed by atoms with E-state index in [1.165, 1.54) is 54.4 Å². The van der Waals surface area contributed by atoms with E-state index in [2.05, 4.69) is 54.7 Å². The molecule has 5 aliphatic rings. The largest absolute Gasteiger partial charge is 0.264 e. The standard InChI is InChI=1S/C36H30N4/c1-3-8-24(9-4-1)33-38-34(25-10-5-2-6-11-25)40-35(39-33)30-13-7-12-29-28-14-15-37-21-31(28)36(32(29)30)26-17-22-16-23(19-26)20-27(36)18-22/h1-15,21-23,26-27H,16-20H2. The van der Waals surface area contributed by atoms with Gasteiger partial charge in [-0.3, -0.25) is 4.98 Å². The molecule has 40 heavy (non-hydrogen) atoms. The van der Waals surface area contributed by atoms with Crippen LogP contribution in [0.5, 0.6) is 0 Å². The first-order chi connectivity index (χ1) is 19.8. The number of fused-ring (bicyclic) bond motifs is 3. The van der Waals surface area contributed by atoms with E-state index in [-0.39, 0.29) is 5.41 Å². The van der Waals surface area contributed by atoms with E-state index in [0.29, 0.717) is 11.8 Å². The zero-order valence-corrected chi connectivity index (χ0v) is 22.4. The van der Waals surface area contributed by atoms with Crippen molar-refractivity contribution in [1.29, 1.82) is 0 Å². The third kappa shape index (κ3) is 3.08. The summed E-state index contributed by atoms with van der Waals surface area (Å²) in [6, 6.07) is 29.7. The molecule has 4 nitrogen and oxygen atoms in total. The van der Waals surface area contributed by atoms with Crippen LogP contribution in [-0.2, 0) is 5.41 Å². The van der Waals surface area contributed by atoms with Crippen LogP contribution in [0.4, 0.5) is 0 Å². The molecule has 0 saturated heterocycles. The molecule has 4 fully saturated rings. The highest BCUT2D eigenvalue weighted by molar-refractivity contribution is 5.88. The van der Waals surface area contributed by atoms with Crippen molar-refractivity contribution in [2.45, 2.75) is 37.5 Å². The maximum absolute atomic E-state index is 5.20. The Balaban J connectivity index is 1.32. The average Bonchev–Trinajstić information content (AvgIpc) is 3.31. The molecule has 0 aliphatic heterocycles. The lowest BCUT2D eigenvalue weighted by Gasteiger charge is -2.61. The fourth-order valence-electron chi connectivity index (χ4n) is 9.21. The summed E-state index contributed by atoms with van der Waals surface area (Å²) in [6.45, 7) is 0. The van der Waals surface area contributed by atoms with Gasteiger partial charge in [0.2, 0.25) is 0 Å². The van der Waals surface area contributed by atoms with Crippen LogP contribution in [0.1, 0.15) is 43.2 Å². The number of hydrogen-bond acceptors (Lipinski definition) is 4. The fourth-order valence-corrected chi connectivity index (χ4v) is 9.21. The van der Waals surface area contributed by atoms with Gasteiger partial charge in [0.1, 0.15) is 0 Å². The van der Waals surface area contributed by atoms with Crippen LogP contribution < -0.4 is 0 Å². The minimum atomic E-state index is -0.00457. The summed E-state index contributed by atoms with van der Waals surface area (Å²) < 4.78 is 0. The zero-order chi connectivity index (χ0) is 26.3. The number of rotatable bonds is 3. The van der Waals surface area contributed by atoms with Crippen molar-refractivity contribution < 1.29 is 0 Å². The van der Waals surface area contributed by atoms with Crippen molar-refractivity contribution in [3.63, 3.8) is 0 Å². The third-order valence-corrected chi connectivity index (χ3v) is 10.4. The van der Waals surface area contributed by atoms with Crippen molar-refractivity contribution in [3.05, 3.63) is 108 Å². The molecule has 4 bridgehead atoms. The van der Waals surface area contributed by atoms with Gasteiger partial charge >= 0.3 is 0 Å². The molecule has 0 atom stereocenters. The normalized spacial score (nSPS) is 27.1. The van der Waals surface area contributed by atoms with Crippen LogP contribution in [0.15, 0.2) is 97.3 Å². The van der Waals surface area contributed by atoms with E-state index in [0.717, 1.165) is 46.0 Å². The predicted molar refractivity (Wildman–Crippen MR) is 157 cm³/mol. The SMILES string of the molecule is c1ccc(-c2nc(-c3ccccc3)nc(-c3cccc4c3C3(c5cnccc5-4)C4CC5CC(C4)CC3C5)n2)cc1. The first-order valence-corrected chi connectivity index (χ1v) is 14.7. The van der Waals surface area contributed by atoms with Gasteiger partial charge in [-0.25, -0.2) is 15.0 Å². The quantitative estimate of drug-likeness (QED) is 0.243. The van der Waals surface area contributed by atoms with E-state index in [1.54, 1.807) is 0 Å². The molecule has 4 saturated carbocycles. The first kappa shape index (κ1) is 22.6. The van der Waals surface area contributed by atoms with Gasteiger partial charge in [-0.15, -0.1) is 0 Å².